The first-order valence-corrected chi connectivity index (χ1v) is 6.93. The van der Waals surface area contributed by atoms with Crippen molar-refractivity contribution in [1.82, 2.24) is 0 Å². The van der Waals surface area contributed by atoms with Gasteiger partial charge in [0.15, 0.2) is 0 Å². The van der Waals surface area contributed by atoms with Crippen molar-refractivity contribution >= 4 is 44.8 Å². The van der Waals surface area contributed by atoms with E-state index in [0.717, 1.165) is 11.4 Å². The first-order chi connectivity index (χ1) is 6.77. The van der Waals surface area contributed by atoms with Crippen LogP contribution in [-0.4, -0.2) is 6.26 Å². The van der Waals surface area contributed by atoms with Gasteiger partial charge in [-0.15, -0.1) is 23.1 Å². The number of aryl methyl sites for hydroxylation is 1. The van der Waals surface area contributed by atoms with E-state index < -0.39 is 0 Å². The topological polar surface area (TPSA) is 0 Å². The lowest BCUT2D eigenvalue weighted by atomic mass is 10.2. The van der Waals surface area contributed by atoms with Crippen molar-refractivity contribution in [2.45, 2.75) is 18.2 Å². The van der Waals surface area contributed by atoms with Crippen LogP contribution >= 0.6 is 34.7 Å². The molecule has 0 aliphatic heterocycles. The third-order valence-electron chi connectivity index (χ3n) is 2.22. The molecule has 0 bridgehead atoms. The maximum atomic E-state index is 6.16. The summed E-state index contributed by atoms with van der Waals surface area (Å²) in [5, 5.41) is 2.19. The van der Waals surface area contributed by atoms with Gasteiger partial charge in [-0.25, -0.2) is 0 Å². The molecule has 0 N–H and O–H groups in total. The van der Waals surface area contributed by atoms with E-state index in [0.29, 0.717) is 0 Å². The highest BCUT2D eigenvalue weighted by Gasteiger charge is 2.11. The van der Waals surface area contributed by atoms with Crippen LogP contribution in [0.1, 0.15) is 11.8 Å². The Hall–Kier alpha value is -0.180. The molecule has 0 amide bonds. The molecule has 0 unspecified atom stereocenters. The summed E-state index contributed by atoms with van der Waals surface area (Å²) >= 11 is 9.80. The Morgan fingerprint density at radius 2 is 2.21 bits per heavy atom. The van der Waals surface area contributed by atoms with Gasteiger partial charge in [0.1, 0.15) is 0 Å². The Labute approximate surface area is 97.3 Å². The molecule has 3 heteroatoms. The normalized spacial score (nSPS) is 11.1. The second-order valence-electron chi connectivity index (χ2n) is 3.03. The van der Waals surface area contributed by atoms with E-state index in [4.69, 9.17) is 11.6 Å². The molecule has 0 aliphatic carbocycles. The molecular formula is C11H11ClS2. The summed E-state index contributed by atoms with van der Waals surface area (Å²) in [5.41, 5.74) is 0. The number of benzene rings is 1. The van der Waals surface area contributed by atoms with Crippen molar-refractivity contribution in [3.05, 3.63) is 28.1 Å². The Kier molecular flexibility index (Phi) is 3.05. The summed E-state index contributed by atoms with van der Waals surface area (Å²) in [5.74, 6) is 0. The summed E-state index contributed by atoms with van der Waals surface area (Å²) in [6, 6.07) is 6.14. The molecule has 1 aromatic heterocycles. The zero-order chi connectivity index (χ0) is 10.1. The van der Waals surface area contributed by atoms with Crippen LogP contribution in [0.15, 0.2) is 23.1 Å². The number of thiophene rings is 1. The molecule has 0 radical (unpaired) electrons. The summed E-state index contributed by atoms with van der Waals surface area (Å²) < 4.78 is 1.23. The Morgan fingerprint density at radius 1 is 1.43 bits per heavy atom. The van der Waals surface area contributed by atoms with Crippen LogP contribution in [0.3, 0.4) is 0 Å². The average molecular weight is 243 g/mol. The Bertz CT molecular complexity index is 460. The van der Waals surface area contributed by atoms with E-state index in [1.165, 1.54) is 19.9 Å². The minimum atomic E-state index is 0.877. The van der Waals surface area contributed by atoms with Crippen LogP contribution in [0.5, 0.6) is 0 Å². The zero-order valence-electron chi connectivity index (χ0n) is 8.13. The van der Waals surface area contributed by atoms with Gasteiger partial charge in [0, 0.05) is 15.2 Å². The van der Waals surface area contributed by atoms with E-state index in [9.17, 15) is 0 Å². The fourth-order valence-corrected chi connectivity index (χ4v) is 4.10. The summed E-state index contributed by atoms with van der Waals surface area (Å²) in [4.78, 5) is 2.84. The average Bonchev–Trinajstić information content (AvgIpc) is 2.57. The molecule has 14 heavy (non-hydrogen) atoms. The van der Waals surface area contributed by atoms with Gasteiger partial charge in [0.2, 0.25) is 0 Å². The molecule has 1 heterocycles. The van der Waals surface area contributed by atoms with Gasteiger partial charge in [0.25, 0.3) is 0 Å². The second-order valence-corrected chi connectivity index (χ2v) is 5.36. The molecule has 0 aliphatic rings. The van der Waals surface area contributed by atoms with Crippen LogP contribution in [0, 0.1) is 0 Å². The lowest BCUT2D eigenvalue weighted by molar-refractivity contribution is 1.15. The molecule has 0 fully saturated rings. The van der Waals surface area contributed by atoms with Crippen LogP contribution in [0.2, 0.25) is 5.02 Å². The first-order valence-electron chi connectivity index (χ1n) is 4.51. The van der Waals surface area contributed by atoms with Crippen LogP contribution < -0.4 is 0 Å². The third kappa shape index (κ3) is 1.56. The largest absolute Gasteiger partial charge is 0.138 e. The Balaban J connectivity index is 2.79. The van der Waals surface area contributed by atoms with E-state index in [1.807, 2.05) is 35.2 Å². The quantitative estimate of drug-likeness (QED) is 0.679. The molecule has 0 atom stereocenters. The van der Waals surface area contributed by atoms with Crippen molar-refractivity contribution in [3.63, 3.8) is 0 Å². The highest BCUT2D eigenvalue weighted by Crippen LogP contribution is 2.40. The monoisotopic (exact) mass is 242 g/mol. The van der Waals surface area contributed by atoms with Crippen LogP contribution in [0.4, 0.5) is 0 Å². The van der Waals surface area contributed by atoms with Crippen molar-refractivity contribution in [2.24, 2.45) is 0 Å². The predicted molar refractivity (Wildman–Crippen MR) is 68.0 cm³/mol. The summed E-state index contributed by atoms with van der Waals surface area (Å²) in [6.45, 7) is 2.19. The maximum Gasteiger partial charge on any atom is 0.0584 e. The minimum absolute atomic E-state index is 0.877. The lowest BCUT2D eigenvalue weighted by Gasteiger charge is -1.96. The smallest absolute Gasteiger partial charge is 0.0584 e. The first kappa shape index (κ1) is 10.3. The van der Waals surface area contributed by atoms with Gasteiger partial charge in [-0.05, 0) is 18.7 Å². The molecule has 2 rings (SSSR count). The predicted octanol–water partition coefficient (Wildman–Crippen LogP) is 4.84. The second kappa shape index (κ2) is 4.13. The maximum absolute atomic E-state index is 6.16. The molecule has 0 nitrogen and oxygen atoms in total. The number of halogens is 1. The van der Waals surface area contributed by atoms with Crippen LogP contribution in [-0.2, 0) is 6.42 Å². The fraction of sp³-hybridized carbons (Fsp3) is 0.273. The summed E-state index contributed by atoms with van der Waals surface area (Å²) in [6.07, 6.45) is 3.22. The SMILES string of the molecule is CCc1sc2c(Cl)cccc2c1SC. The van der Waals surface area contributed by atoms with Crippen molar-refractivity contribution < 1.29 is 0 Å². The third-order valence-corrected chi connectivity index (χ3v) is 5.03. The van der Waals surface area contributed by atoms with E-state index in [1.54, 1.807) is 0 Å². The number of hydrogen-bond donors (Lipinski definition) is 0. The molecule has 0 saturated heterocycles. The highest BCUT2D eigenvalue weighted by atomic mass is 35.5. The molecule has 1 aromatic carbocycles. The molecular weight excluding hydrogens is 232 g/mol. The molecule has 2 aromatic rings. The van der Waals surface area contributed by atoms with E-state index >= 15 is 0 Å². The van der Waals surface area contributed by atoms with Gasteiger partial charge in [-0.2, -0.15) is 0 Å². The molecule has 0 saturated carbocycles. The lowest BCUT2D eigenvalue weighted by Crippen LogP contribution is -1.74. The summed E-state index contributed by atoms with van der Waals surface area (Å²) in [7, 11) is 0. The van der Waals surface area contributed by atoms with Gasteiger partial charge < -0.3 is 0 Å². The van der Waals surface area contributed by atoms with Crippen LogP contribution in [0.25, 0.3) is 10.1 Å². The van der Waals surface area contributed by atoms with Crippen molar-refractivity contribution in [2.75, 3.05) is 6.26 Å². The van der Waals surface area contributed by atoms with Crippen molar-refractivity contribution in [3.8, 4) is 0 Å². The van der Waals surface area contributed by atoms with E-state index in [2.05, 4.69) is 19.2 Å². The van der Waals surface area contributed by atoms with Gasteiger partial charge in [-0.1, -0.05) is 30.7 Å². The van der Waals surface area contributed by atoms with Gasteiger partial charge in [0.05, 0.1) is 9.72 Å². The fourth-order valence-electron chi connectivity index (χ4n) is 1.57. The minimum Gasteiger partial charge on any atom is -0.138 e. The molecule has 74 valence electrons. The Morgan fingerprint density at radius 3 is 2.86 bits per heavy atom. The number of fused-ring (bicyclic) bond motifs is 1. The highest BCUT2D eigenvalue weighted by molar-refractivity contribution is 7.99. The van der Waals surface area contributed by atoms with Gasteiger partial charge >= 0.3 is 0 Å². The van der Waals surface area contributed by atoms with E-state index in [-0.39, 0.29) is 0 Å². The number of rotatable bonds is 2. The zero-order valence-corrected chi connectivity index (χ0v) is 10.5. The van der Waals surface area contributed by atoms with Crippen molar-refractivity contribution in [1.29, 1.82) is 0 Å². The van der Waals surface area contributed by atoms with Gasteiger partial charge in [-0.3, -0.25) is 0 Å². The standard InChI is InChI=1S/C11H11ClS2/c1-3-9-11(13-2)7-5-4-6-8(12)10(7)14-9/h4-6H,3H2,1-2H3. The number of hydrogen-bond acceptors (Lipinski definition) is 2. The number of thioether (sulfide) groups is 1. The molecule has 0 spiro atoms.